The summed E-state index contributed by atoms with van der Waals surface area (Å²) in [6.07, 6.45) is 3.30. The number of aromatic nitrogens is 4. The highest BCUT2D eigenvalue weighted by Gasteiger charge is 2.26. The summed E-state index contributed by atoms with van der Waals surface area (Å²) in [7, 11) is 1.67. The van der Waals surface area contributed by atoms with Gasteiger partial charge in [-0.15, -0.1) is 5.10 Å². The first-order valence-electron chi connectivity index (χ1n) is 11.2. The van der Waals surface area contributed by atoms with Gasteiger partial charge in [-0.1, -0.05) is 12.6 Å². The highest BCUT2D eigenvalue weighted by Crippen LogP contribution is 2.28. The van der Waals surface area contributed by atoms with Crippen molar-refractivity contribution in [1.82, 2.24) is 30.4 Å². The van der Waals surface area contributed by atoms with Crippen molar-refractivity contribution in [3.05, 3.63) is 47.8 Å². The molecule has 2 aromatic rings. The van der Waals surface area contributed by atoms with Crippen LogP contribution in [-0.4, -0.2) is 71.0 Å². The number of methoxy groups -OCH3 is 1. The number of likely N-dealkylation sites (tertiary alicyclic amines) is 1. The predicted molar refractivity (Wildman–Crippen MR) is 121 cm³/mol. The van der Waals surface area contributed by atoms with Crippen molar-refractivity contribution in [2.45, 2.75) is 39.3 Å². The molecule has 1 N–H and O–H groups in total. The number of nitrogens with zero attached hydrogens (tertiary/aromatic N) is 5. The molecule has 1 saturated heterocycles. The number of aryl methyl sites for hydroxylation is 1. The first-order chi connectivity index (χ1) is 15.6. The van der Waals surface area contributed by atoms with E-state index in [9.17, 15) is 4.79 Å². The minimum Gasteiger partial charge on any atom is -0.494 e. The molecular formula is C23H34N6O3. The van der Waals surface area contributed by atoms with Gasteiger partial charge >= 0.3 is 0 Å². The number of rotatable bonds is 11. The molecule has 0 spiro atoms. The van der Waals surface area contributed by atoms with Gasteiger partial charge in [0.1, 0.15) is 5.75 Å². The van der Waals surface area contributed by atoms with Gasteiger partial charge in [-0.3, -0.25) is 4.79 Å². The maximum Gasteiger partial charge on any atom is 0.245 e. The van der Waals surface area contributed by atoms with Crippen LogP contribution in [0.4, 0.5) is 0 Å². The topological polar surface area (TPSA) is 94.4 Å². The van der Waals surface area contributed by atoms with Crippen LogP contribution < -0.4 is 10.1 Å². The third kappa shape index (κ3) is 5.92. The summed E-state index contributed by atoms with van der Waals surface area (Å²) < 4.78 is 12.7. The summed E-state index contributed by atoms with van der Waals surface area (Å²) in [5, 5.41) is 16.1. The van der Waals surface area contributed by atoms with E-state index in [2.05, 4.69) is 46.5 Å². The molecule has 9 heteroatoms. The zero-order chi connectivity index (χ0) is 22.9. The molecule has 1 aliphatic heterocycles. The van der Waals surface area contributed by atoms with Crippen LogP contribution in [0.15, 0.2) is 30.9 Å². The number of piperidine rings is 1. The Labute approximate surface area is 189 Å². The monoisotopic (exact) mass is 442 g/mol. The Morgan fingerprint density at radius 2 is 2.16 bits per heavy atom. The van der Waals surface area contributed by atoms with Crippen molar-refractivity contribution in [2.24, 2.45) is 5.92 Å². The molecule has 174 valence electrons. The fraction of sp³-hybridized carbons (Fsp3) is 0.565. The van der Waals surface area contributed by atoms with Crippen LogP contribution in [0.2, 0.25) is 0 Å². The van der Waals surface area contributed by atoms with Gasteiger partial charge in [0.15, 0.2) is 5.82 Å². The van der Waals surface area contributed by atoms with Crippen LogP contribution in [0, 0.1) is 12.8 Å². The van der Waals surface area contributed by atoms with Gasteiger partial charge in [0.2, 0.25) is 5.91 Å². The third-order valence-electron chi connectivity index (χ3n) is 5.90. The molecule has 32 heavy (non-hydrogen) atoms. The summed E-state index contributed by atoms with van der Waals surface area (Å²) >= 11 is 0. The first-order valence-corrected chi connectivity index (χ1v) is 11.2. The zero-order valence-electron chi connectivity index (χ0n) is 19.3. The lowest BCUT2D eigenvalue weighted by molar-refractivity contribution is -0.127. The predicted octanol–water partition coefficient (Wildman–Crippen LogP) is 2.13. The molecule has 1 unspecified atom stereocenters. The van der Waals surface area contributed by atoms with Crippen molar-refractivity contribution in [3.63, 3.8) is 0 Å². The number of nitrogens with one attached hydrogen (secondary N) is 1. The summed E-state index contributed by atoms with van der Waals surface area (Å²) in [5.74, 6) is 2.09. The van der Waals surface area contributed by atoms with E-state index >= 15 is 0 Å². The summed E-state index contributed by atoms with van der Waals surface area (Å²) in [6.45, 7) is 11.7. The van der Waals surface area contributed by atoms with Crippen LogP contribution in [0.25, 0.3) is 0 Å². The molecule has 1 aliphatic rings. The van der Waals surface area contributed by atoms with Gasteiger partial charge in [0.25, 0.3) is 0 Å². The van der Waals surface area contributed by atoms with E-state index in [1.54, 1.807) is 11.8 Å². The quantitative estimate of drug-likeness (QED) is 0.533. The number of hydrogen-bond donors (Lipinski definition) is 1. The highest BCUT2D eigenvalue weighted by atomic mass is 16.5. The molecule has 2 heterocycles. The van der Waals surface area contributed by atoms with E-state index in [-0.39, 0.29) is 11.9 Å². The molecular weight excluding hydrogens is 408 g/mol. The molecule has 1 aromatic heterocycles. The number of tetrazole rings is 1. The maximum atomic E-state index is 11.9. The van der Waals surface area contributed by atoms with E-state index in [0.29, 0.717) is 25.7 Å². The standard InChI is InChI=1S/C23H34N6O3/c1-5-21(30)28-11-9-18(10-12-28)16-24-22(23-25-26-27-29(23)13-14-31-4)20-8-7-19(32-6-2)15-17(20)3/h5,7-8,15,18,22,24H,1,6,9-14,16H2,2-4H3. The smallest absolute Gasteiger partial charge is 0.245 e. The van der Waals surface area contributed by atoms with E-state index in [4.69, 9.17) is 9.47 Å². The number of ether oxygens (including phenoxy) is 2. The minimum absolute atomic E-state index is 0.0108. The minimum atomic E-state index is -0.162. The Bertz CT molecular complexity index is 892. The SMILES string of the molecule is C=CC(=O)N1CCC(CNC(c2ccc(OCC)cc2C)c2nnnn2CCOC)CC1. The first kappa shape index (κ1) is 23.9. The molecule has 1 atom stereocenters. The molecule has 9 nitrogen and oxygen atoms in total. The molecule has 0 saturated carbocycles. The van der Waals surface area contributed by atoms with Crippen LogP contribution >= 0.6 is 0 Å². The van der Waals surface area contributed by atoms with E-state index in [0.717, 1.165) is 55.2 Å². The van der Waals surface area contributed by atoms with Crippen LogP contribution in [0.1, 0.15) is 42.8 Å². The Balaban J connectivity index is 1.77. The Kier molecular flexibility index (Phi) is 8.75. The molecule has 0 radical (unpaired) electrons. The van der Waals surface area contributed by atoms with Crippen molar-refractivity contribution >= 4 is 5.91 Å². The normalized spacial score (nSPS) is 15.5. The van der Waals surface area contributed by atoms with Gasteiger partial charge in [-0.05, 0) is 78.9 Å². The van der Waals surface area contributed by atoms with Crippen molar-refractivity contribution in [1.29, 1.82) is 0 Å². The summed E-state index contributed by atoms with van der Waals surface area (Å²) in [4.78, 5) is 13.7. The third-order valence-corrected chi connectivity index (χ3v) is 5.90. The fourth-order valence-corrected chi connectivity index (χ4v) is 4.10. The lowest BCUT2D eigenvalue weighted by Crippen LogP contribution is -2.41. The number of hydrogen-bond acceptors (Lipinski definition) is 7. The Hall–Kier alpha value is -2.78. The van der Waals surface area contributed by atoms with E-state index in [1.165, 1.54) is 6.08 Å². The highest BCUT2D eigenvalue weighted by molar-refractivity contribution is 5.87. The number of carbonyl (C=O) groups excluding carboxylic acids is 1. The second kappa shape index (κ2) is 11.7. The van der Waals surface area contributed by atoms with Crippen molar-refractivity contribution in [2.75, 3.05) is 40.0 Å². The van der Waals surface area contributed by atoms with Gasteiger partial charge < -0.3 is 19.7 Å². The zero-order valence-corrected chi connectivity index (χ0v) is 19.3. The van der Waals surface area contributed by atoms with Gasteiger partial charge in [0, 0.05) is 20.2 Å². The van der Waals surface area contributed by atoms with E-state index < -0.39 is 0 Å². The Morgan fingerprint density at radius 1 is 1.38 bits per heavy atom. The van der Waals surface area contributed by atoms with Crippen LogP contribution in [0.5, 0.6) is 5.75 Å². The molecule has 0 aliphatic carbocycles. The second-order valence-corrected chi connectivity index (χ2v) is 8.02. The fourth-order valence-electron chi connectivity index (χ4n) is 4.10. The van der Waals surface area contributed by atoms with E-state index in [1.807, 2.05) is 17.9 Å². The van der Waals surface area contributed by atoms with Gasteiger partial charge in [-0.25, -0.2) is 4.68 Å². The molecule has 1 fully saturated rings. The molecule has 1 amide bonds. The lowest BCUT2D eigenvalue weighted by atomic mass is 9.94. The second-order valence-electron chi connectivity index (χ2n) is 8.02. The largest absolute Gasteiger partial charge is 0.494 e. The lowest BCUT2D eigenvalue weighted by Gasteiger charge is -2.32. The van der Waals surface area contributed by atoms with Crippen LogP contribution in [-0.2, 0) is 16.1 Å². The molecule has 0 bridgehead atoms. The van der Waals surface area contributed by atoms with Crippen molar-refractivity contribution in [3.8, 4) is 5.75 Å². The average molecular weight is 443 g/mol. The number of benzene rings is 1. The van der Waals surface area contributed by atoms with Gasteiger partial charge in [-0.2, -0.15) is 0 Å². The molecule has 1 aromatic carbocycles. The summed E-state index contributed by atoms with van der Waals surface area (Å²) in [6, 6.07) is 5.96. The van der Waals surface area contributed by atoms with Crippen LogP contribution in [0.3, 0.4) is 0 Å². The summed E-state index contributed by atoms with van der Waals surface area (Å²) in [5.41, 5.74) is 2.22. The number of amides is 1. The van der Waals surface area contributed by atoms with Gasteiger partial charge in [0.05, 0.1) is 25.8 Å². The number of carbonyl (C=O) groups is 1. The van der Waals surface area contributed by atoms with Crippen molar-refractivity contribution < 1.29 is 14.3 Å². The average Bonchev–Trinajstić information content (AvgIpc) is 3.27. The maximum absolute atomic E-state index is 11.9. The molecule has 3 rings (SSSR count). The Morgan fingerprint density at radius 3 is 2.81 bits per heavy atom.